The van der Waals surface area contributed by atoms with Gasteiger partial charge in [-0.3, -0.25) is 4.79 Å². The van der Waals surface area contributed by atoms with E-state index in [0.29, 0.717) is 37.8 Å². The van der Waals surface area contributed by atoms with Crippen LogP contribution >= 0.6 is 0 Å². The lowest BCUT2D eigenvalue weighted by molar-refractivity contribution is -0.192. The Kier molecular flexibility index (Phi) is 8.34. The monoisotopic (exact) mass is 575 g/mol. The molecular weight excluding hydrogens is 552 g/mol. The van der Waals surface area contributed by atoms with Gasteiger partial charge in [0.2, 0.25) is 0 Å². The molecule has 2 aliphatic rings. The molecule has 2 aromatic heterocycles. The van der Waals surface area contributed by atoms with E-state index in [-0.39, 0.29) is 22.9 Å². The van der Waals surface area contributed by atoms with Crippen molar-refractivity contribution in [1.29, 1.82) is 0 Å². The largest absolute Gasteiger partial charge is 0.490 e. The summed E-state index contributed by atoms with van der Waals surface area (Å²) in [7, 11) is 0. The first-order chi connectivity index (χ1) is 18.8. The van der Waals surface area contributed by atoms with Crippen LogP contribution in [0.15, 0.2) is 36.7 Å². The fourth-order valence-corrected chi connectivity index (χ4v) is 3.79. The topological polar surface area (TPSA) is 133 Å². The molecule has 3 aromatic rings. The molecular formula is C23H23F6N7O4. The number of carbonyl (C=O) groups excluding carboxylic acids is 1. The van der Waals surface area contributed by atoms with E-state index in [1.54, 1.807) is 18.3 Å². The molecule has 0 unspecified atom stereocenters. The number of hydrogen-bond donors (Lipinski definition) is 4. The minimum atomic E-state index is -5.08. The number of carboxylic acid groups (broad SMARTS) is 1. The fraction of sp³-hybridized carbons (Fsp3) is 0.391. The maximum Gasteiger partial charge on any atom is 0.490 e. The van der Waals surface area contributed by atoms with E-state index in [2.05, 4.69) is 26.0 Å². The van der Waals surface area contributed by atoms with Crippen molar-refractivity contribution >= 4 is 34.7 Å². The van der Waals surface area contributed by atoms with Gasteiger partial charge < -0.3 is 30.7 Å². The lowest BCUT2D eigenvalue weighted by Crippen LogP contribution is -2.51. The maximum absolute atomic E-state index is 13.8. The average Bonchev–Trinajstić information content (AvgIpc) is 3.30. The number of aromatic nitrogens is 3. The zero-order valence-electron chi connectivity index (χ0n) is 20.5. The molecule has 5 rings (SSSR count). The van der Waals surface area contributed by atoms with Crippen LogP contribution < -0.4 is 20.9 Å². The number of anilines is 3. The number of carboxylic acids is 1. The van der Waals surface area contributed by atoms with E-state index in [9.17, 15) is 31.1 Å². The Bertz CT molecular complexity index is 1370. The Morgan fingerprint density at radius 3 is 2.33 bits per heavy atom. The van der Waals surface area contributed by atoms with Crippen LogP contribution in [0.2, 0.25) is 0 Å². The Labute approximate surface area is 222 Å². The van der Waals surface area contributed by atoms with Crippen molar-refractivity contribution in [2.45, 2.75) is 18.4 Å². The van der Waals surface area contributed by atoms with Gasteiger partial charge in [0.1, 0.15) is 11.4 Å². The van der Waals surface area contributed by atoms with Crippen molar-refractivity contribution in [2.75, 3.05) is 54.9 Å². The minimum absolute atomic E-state index is 0.0794. The molecule has 2 saturated heterocycles. The molecule has 0 bridgehead atoms. The summed E-state index contributed by atoms with van der Waals surface area (Å²) in [6.45, 7) is 3.53. The number of hydrogen-bond acceptors (Lipinski definition) is 8. The second-order valence-electron chi connectivity index (χ2n) is 8.72. The van der Waals surface area contributed by atoms with Gasteiger partial charge in [0.05, 0.1) is 36.7 Å². The van der Waals surface area contributed by atoms with Gasteiger partial charge in [-0.25, -0.2) is 14.3 Å². The van der Waals surface area contributed by atoms with Crippen molar-refractivity contribution in [3.05, 3.63) is 47.8 Å². The summed E-state index contributed by atoms with van der Waals surface area (Å²) in [6.07, 6.45) is -6.79. The lowest BCUT2D eigenvalue weighted by Gasteiger charge is -2.29. The van der Waals surface area contributed by atoms with Crippen molar-refractivity contribution in [3.63, 3.8) is 0 Å². The number of aliphatic carboxylic acids is 1. The number of nitrogens with one attached hydrogen (secondary N) is 3. The highest BCUT2D eigenvalue weighted by Crippen LogP contribution is 2.38. The number of fused-ring (bicyclic) bond motifs is 1. The first kappa shape index (κ1) is 28.9. The second-order valence-corrected chi connectivity index (χ2v) is 8.72. The average molecular weight is 575 g/mol. The number of morpholine rings is 1. The van der Waals surface area contributed by atoms with Gasteiger partial charge >= 0.3 is 18.3 Å². The number of carbonyl (C=O) groups is 2. The summed E-state index contributed by atoms with van der Waals surface area (Å²) in [5.41, 5.74) is -0.468. The molecule has 11 nitrogen and oxygen atoms in total. The molecule has 0 saturated carbocycles. The van der Waals surface area contributed by atoms with Gasteiger partial charge in [-0.1, -0.05) is 0 Å². The molecule has 1 amide bonds. The number of benzene rings is 1. The van der Waals surface area contributed by atoms with Crippen LogP contribution in [-0.4, -0.2) is 83.2 Å². The second kappa shape index (κ2) is 11.5. The molecule has 0 radical (unpaired) electrons. The van der Waals surface area contributed by atoms with E-state index in [1.807, 2.05) is 4.90 Å². The minimum Gasteiger partial charge on any atom is -0.475 e. The summed E-state index contributed by atoms with van der Waals surface area (Å²) >= 11 is 0. The van der Waals surface area contributed by atoms with Crippen LogP contribution in [-0.2, 0) is 15.7 Å². The molecule has 17 heteroatoms. The van der Waals surface area contributed by atoms with Crippen LogP contribution in [0.4, 0.5) is 43.5 Å². The van der Waals surface area contributed by atoms with E-state index in [4.69, 9.17) is 14.6 Å². The zero-order chi connectivity index (χ0) is 29.1. The molecule has 2 fully saturated rings. The Balaban J connectivity index is 0.000000470. The molecule has 2 aliphatic heterocycles. The molecule has 0 atom stereocenters. The van der Waals surface area contributed by atoms with E-state index < -0.39 is 29.8 Å². The van der Waals surface area contributed by atoms with E-state index in [1.165, 1.54) is 16.8 Å². The molecule has 40 heavy (non-hydrogen) atoms. The third kappa shape index (κ3) is 6.90. The highest BCUT2D eigenvalue weighted by atomic mass is 19.4. The number of ether oxygens (including phenoxy) is 1. The molecule has 1 aromatic carbocycles. The van der Waals surface area contributed by atoms with Crippen LogP contribution in [0.3, 0.4) is 0 Å². The van der Waals surface area contributed by atoms with Crippen LogP contribution in [0.25, 0.3) is 5.65 Å². The third-order valence-electron chi connectivity index (χ3n) is 5.92. The standard InChI is InChI=1S/C21H22F3N7O2.C2HF3O2/c22-21(23,24)16-9-14(30-5-7-33-8-6-30)1-2-17(16)28-20(32)15-12-26-31-4-3-18(29-19(15)31)27-13-10-25-11-13;3-2(4,5)1(6)7/h1-4,9,12-13,25H,5-8,10-11H2,(H,27,29)(H,28,32);(H,6,7). The normalized spacial score (nSPS) is 16.1. The SMILES string of the molecule is O=C(Nc1ccc(N2CCOCC2)cc1C(F)(F)F)c1cnn2ccc(NC3CNC3)nc12.O=C(O)C(F)(F)F. The quantitative estimate of drug-likeness (QED) is 0.339. The summed E-state index contributed by atoms with van der Waals surface area (Å²) < 4.78 is 79.9. The van der Waals surface area contributed by atoms with Crippen LogP contribution in [0, 0.1) is 0 Å². The highest BCUT2D eigenvalue weighted by molar-refractivity contribution is 6.08. The van der Waals surface area contributed by atoms with Gasteiger partial charge in [-0.2, -0.15) is 31.4 Å². The Morgan fingerprint density at radius 1 is 1.07 bits per heavy atom. The molecule has 216 valence electrons. The molecule has 4 N–H and O–H groups in total. The van der Waals surface area contributed by atoms with Crippen LogP contribution in [0.5, 0.6) is 0 Å². The highest BCUT2D eigenvalue weighted by Gasteiger charge is 2.38. The van der Waals surface area contributed by atoms with Gasteiger partial charge in [0, 0.05) is 38.1 Å². The number of amides is 1. The summed E-state index contributed by atoms with van der Waals surface area (Å²) in [5.74, 6) is -2.91. The fourth-order valence-electron chi connectivity index (χ4n) is 3.79. The Hall–Kier alpha value is -4.12. The van der Waals surface area contributed by atoms with Crippen molar-refractivity contribution in [3.8, 4) is 0 Å². The maximum atomic E-state index is 13.8. The smallest absolute Gasteiger partial charge is 0.475 e. The number of halogens is 6. The van der Waals surface area contributed by atoms with Crippen molar-refractivity contribution in [1.82, 2.24) is 19.9 Å². The zero-order valence-corrected chi connectivity index (χ0v) is 20.5. The third-order valence-corrected chi connectivity index (χ3v) is 5.92. The van der Waals surface area contributed by atoms with Crippen LogP contribution in [0.1, 0.15) is 15.9 Å². The van der Waals surface area contributed by atoms with Gasteiger partial charge in [0.25, 0.3) is 5.91 Å². The predicted molar refractivity (Wildman–Crippen MR) is 129 cm³/mol. The summed E-state index contributed by atoms with van der Waals surface area (Å²) in [6, 6.07) is 5.87. The van der Waals surface area contributed by atoms with E-state index in [0.717, 1.165) is 19.2 Å². The van der Waals surface area contributed by atoms with Gasteiger partial charge in [-0.15, -0.1) is 0 Å². The van der Waals surface area contributed by atoms with Crippen molar-refractivity contribution in [2.24, 2.45) is 0 Å². The molecule has 0 spiro atoms. The number of rotatable bonds is 5. The molecule has 4 heterocycles. The lowest BCUT2D eigenvalue weighted by atomic mass is 10.1. The summed E-state index contributed by atoms with van der Waals surface area (Å²) in [4.78, 5) is 28.1. The summed E-state index contributed by atoms with van der Waals surface area (Å²) in [5, 5.41) is 20.0. The predicted octanol–water partition coefficient (Wildman–Crippen LogP) is 2.85. The number of alkyl halides is 6. The van der Waals surface area contributed by atoms with Crippen molar-refractivity contribution < 1.29 is 45.8 Å². The van der Waals surface area contributed by atoms with E-state index >= 15 is 0 Å². The first-order valence-electron chi connectivity index (χ1n) is 11.8. The first-order valence-corrected chi connectivity index (χ1v) is 11.8. The molecule has 0 aliphatic carbocycles. The van der Waals surface area contributed by atoms with Gasteiger partial charge in [0.15, 0.2) is 5.65 Å². The number of nitrogens with zero attached hydrogens (tertiary/aromatic N) is 4. The van der Waals surface area contributed by atoms with Gasteiger partial charge in [-0.05, 0) is 24.3 Å². The Morgan fingerprint density at radius 2 is 1.75 bits per heavy atom.